The van der Waals surface area contributed by atoms with Gasteiger partial charge in [0.25, 0.3) is 5.91 Å². The second kappa shape index (κ2) is 8.79. The monoisotopic (exact) mass is 445 g/mol. The summed E-state index contributed by atoms with van der Waals surface area (Å²) in [7, 11) is 0. The number of aliphatic hydroxyl groups is 1. The summed E-state index contributed by atoms with van der Waals surface area (Å²) in [6.45, 7) is 0. The number of H-pyrrole nitrogens is 2. The fourth-order valence-electron chi connectivity index (χ4n) is 4.03. The first-order valence-electron chi connectivity index (χ1n) is 10.7. The Balaban J connectivity index is 1.41. The number of nitrogens with one attached hydrogen (secondary N) is 3. The lowest BCUT2D eigenvalue weighted by Crippen LogP contribution is -2.40. The number of para-hydroxylation sites is 1. The van der Waals surface area contributed by atoms with E-state index < -0.39 is 24.3 Å². The molecular formula is C24H23N5O4. The molecule has 2 aromatic carbocycles. The fourth-order valence-corrected chi connectivity index (χ4v) is 4.03. The van der Waals surface area contributed by atoms with Gasteiger partial charge in [0.1, 0.15) is 5.82 Å². The Bertz CT molecular complexity index is 1280. The van der Waals surface area contributed by atoms with E-state index in [9.17, 15) is 14.7 Å². The van der Waals surface area contributed by atoms with Gasteiger partial charge < -0.3 is 25.2 Å². The molecule has 1 fully saturated rings. The standard InChI is InChI=1S/C24H23N5O4/c30-21-10-11-22(31)29(21)33-24(32)28-19(12-16-13-25-18-9-5-4-8-17(16)18)23-26-14-20(27-23)15-6-2-1-3-7-15/h1-9,13-14,19,21,25,30H,10-12H2,(H,26,27)(H,28,32)/t19-,21?/m1/s1. The number of hydrogen-bond donors (Lipinski definition) is 4. The molecule has 0 aliphatic carbocycles. The maximum absolute atomic E-state index is 12.7. The van der Waals surface area contributed by atoms with Crippen LogP contribution in [0.5, 0.6) is 0 Å². The molecule has 3 heterocycles. The Morgan fingerprint density at radius 2 is 2.00 bits per heavy atom. The number of imidazole rings is 1. The molecule has 0 spiro atoms. The highest BCUT2D eigenvalue weighted by atomic mass is 16.7. The van der Waals surface area contributed by atoms with Crippen molar-refractivity contribution < 1.29 is 19.5 Å². The minimum Gasteiger partial charge on any atom is -0.370 e. The quantitative estimate of drug-likeness (QED) is 0.362. The number of hydroxylamine groups is 2. The molecule has 168 valence electrons. The van der Waals surface area contributed by atoms with Gasteiger partial charge in [0.15, 0.2) is 6.23 Å². The number of nitrogens with zero attached hydrogens (tertiary/aromatic N) is 2. The zero-order valence-electron chi connectivity index (χ0n) is 17.7. The molecule has 1 aliphatic rings. The van der Waals surface area contributed by atoms with E-state index >= 15 is 0 Å². The van der Waals surface area contributed by atoms with Gasteiger partial charge in [0.2, 0.25) is 0 Å². The number of benzene rings is 2. The second-order valence-corrected chi connectivity index (χ2v) is 7.93. The number of carbonyl (C=O) groups is 2. The van der Waals surface area contributed by atoms with Crippen molar-refractivity contribution in [1.29, 1.82) is 0 Å². The van der Waals surface area contributed by atoms with E-state index in [0.29, 0.717) is 12.2 Å². The van der Waals surface area contributed by atoms with Crippen molar-refractivity contribution in [3.8, 4) is 11.3 Å². The van der Waals surface area contributed by atoms with Gasteiger partial charge in [-0.1, -0.05) is 48.5 Å². The lowest BCUT2D eigenvalue weighted by atomic mass is 10.0. The number of amides is 2. The van der Waals surface area contributed by atoms with Crippen LogP contribution in [0.3, 0.4) is 0 Å². The number of aliphatic hydroxyl groups excluding tert-OH is 1. The average Bonchev–Trinajstić information content (AvgIpc) is 3.55. The molecule has 2 amide bonds. The van der Waals surface area contributed by atoms with Gasteiger partial charge in [-0.25, -0.2) is 9.78 Å². The molecule has 1 aliphatic heterocycles. The van der Waals surface area contributed by atoms with E-state index in [1.54, 1.807) is 6.20 Å². The molecule has 2 aromatic heterocycles. The third-order valence-corrected chi connectivity index (χ3v) is 5.72. The molecule has 4 N–H and O–H groups in total. The van der Waals surface area contributed by atoms with Gasteiger partial charge in [0, 0.05) is 36.4 Å². The van der Waals surface area contributed by atoms with Gasteiger partial charge in [-0.05, 0) is 17.2 Å². The van der Waals surface area contributed by atoms with Crippen LogP contribution in [0.25, 0.3) is 22.2 Å². The number of fused-ring (bicyclic) bond motifs is 1. The summed E-state index contributed by atoms with van der Waals surface area (Å²) >= 11 is 0. The summed E-state index contributed by atoms with van der Waals surface area (Å²) in [5, 5.41) is 14.4. The summed E-state index contributed by atoms with van der Waals surface area (Å²) in [6, 6.07) is 17.1. The number of aromatic nitrogens is 3. The summed E-state index contributed by atoms with van der Waals surface area (Å²) in [5.41, 5.74) is 3.76. The van der Waals surface area contributed by atoms with Gasteiger partial charge in [0.05, 0.1) is 17.9 Å². The van der Waals surface area contributed by atoms with E-state index in [-0.39, 0.29) is 12.8 Å². The Hall–Kier alpha value is -4.11. The summed E-state index contributed by atoms with van der Waals surface area (Å²) in [6.07, 6.45) is 2.43. The van der Waals surface area contributed by atoms with Crippen LogP contribution in [0.15, 0.2) is 67.0 Å². The first-order valence-corrected chi connectivity index (χ1v) is 10.7. The van der Waals surface area contributed by atoms with Crippen molar-refractivity contribution in [3.63, 3.8) is 0 Å². The number of rotatable bonds is 6. The molecular weight excluding hydrogens is 422 g/mol. The van der Waals surface area contributed by atoms with Crippen LogP contribution in [0.2, 0.25) is 0 Å². The van der Waals surface area contributed by atoms with Crippen LogP contribution < -0.4 is 5.32 Å². The molecule has 4 aromatic rings. The van der Waals surface area contributed by atoms with E-state index in [4.69, 9.17) is 4.84 Å². The molecule has 5 rings (SSSR count). The van der Waals surface area contributed by atoms with Gasteiger partial charge >= 0.3 is 6.09 Å². The summed E-state index contributed by atoms with van der Waals surface area (Å²) < 4.78 is 0. The average molecular weight is 445 g/mol. The minimum absolute atomic E-state index is 0.131. The van der Waals surface area contributed by atoms with Gasteiger partial charge in [-0.2, -0.15) is 0 Å². The van der Waals surface area contributed by atoms with Crippen molar-refractivity contribution >= 4 is 22.9 Å². The molecule has 1 saturated heterocycles. The fraction of sp³-hybridized carbons (Fsp3) is 0.208. The van der Waals surface area contributed by atoms with Crippen molar-refractivity contribution in [3.05, 3.63) is 78.4 Å². The largest absolute Gasteiger partial charge is 0.432 e. The molecule has 9 nitrogen and oxygen atoms in total. The van der Waals surface area contributed by atoms with E-state index in [0.717, 1.165) is 32.8 Å². The molecule has 2 atom stereocenters. The third-order valence-electron chi connectivity index (χ3n) is 5.72. The van der Waals surface area contributed by atoms with Crippen LogP contribution in [-0.4, -0.2) is 43.4 Å². The SMILES string of the molecule is O=C(N[C@H](Cc1c[nH]c2ccccc12)c1ncc(-c2ccccc2)[nH]1)ON1C(=O)CCC1O. The topological polar surface area (TPSA) is 123 Å². The highest BCUT2D eigenvalue weighted by molar-refractivity contribution is 5.83. The van der Waals surface area contributed by atoms with E-state index in [2.05, 4.69) is 20.3 Å². The van der Waals surface area contributed by atoms with Crippen LogP contribution in [0, 0.1) is 0 Å². The highest BCUT2D eigenvalue weighted by Crippen LogP contribution is 2.26. The third kappa shape index (κ3) is 4.31. The number of aromatic amines is 2. The smallest absolute Gasteiger partial charge is 0.370 e. The normalized spacial score (nSPS) is 16.8. The zero-order valence-corrected chi connectivity index (χ0v) is 17.7. The maximum atomic E-state index is 12.7. The molecule has 9 heteroatoms. The molecule has 0 radical (unpaired) electrons. The first-order chi connectivity index (χ1) is 16.1. The van der Waals surface area contributed by atoms with Crippen molar-refractivity contribution in [1.82, 2.24) is 25.3 Å². The zero-order chi connectivity index (χ0) is 22.8. The Kier molecular flexibility index (Phi) is 5.54. The van der Waals surface area contributed by atoms with Gasteiger partial charge in [-0.3, -0.25) is 4.79 Å². The summed E-state index contributed by atoms with van der Waals surface area (Å²) in [4.78, 5) is 40.7. The van der Waals surface area contributed by atoms with Crippen LogP contribution in [0.4, 0.5) is 4.79 Å². The predicted octanol–water partition coefficient (Wildman–Crippen LogP) is 3.42. The van der Waals surface area contributed by atoms with Crippen LogP contribution in [-0.2, 0) is 16.1 Å². The maximum Gasteiger partial charge on any atom is 0.432 e. The van der Waals surface area contributed by atoms with Crippen LogP contribution >= 0.6 is 0 Å². The Morgan fingerprint density at radius 3 is 2.79 bits per heavy atom. The predicted molar refractivity (Wildman–Crippen MR) is 120 cm³/mol. The minimum atomic E-state index is -1.14. The Morgan fingerprint density at radius 1 is 1.21 bits per heavy atom. The number of hydrogen-bond acceptors (Lipinski definition) is 5. The van der Waals surface area contributed by atoms with Crippen molar-refractivity contribution in [2.45, 2.75) is 31.5 Å². The van der Waals surface area contributed by atoms with Gasteiger partial charge in [-0.15, -0.1) is 5.06 Å². The molecule has 33 heavy (non-hydrogen) atoms. The van der Waals surface area contributed by atoms with Crippen molar-refractivity contribution in [2.75, 3.05) is 0 Å². The van der Waals surface area contributed by atoms with E-state index in [1.807, 2.05) is 60.8 Å². The lowest BCUT2D eigenvalue weighted by Gasteiger charge is -2.21. The van der Waals surface area contributed by atoms with Crippen LogP contribution in [0.1, 0.15) is 30.3 Å². The lowest BCUT2D eigenvalue weighted by molar-refractivity contribution is -0.190. The molecule has 1 unspecified atom stereocenters. The number of carbonyl (C=O) groups excluding carboxylic acids is 2. The first kappa shape index (κ1) is 20.8. The van der Waals surface area contributed by atoms with E-state index in [1.165, 1.54) is 0 Å². The molecule has 0 saturated carbocycles. The Labute approximate surface area is 189 Å². The summed E-state index contributed by atoms with van der Waals surface area (Å²) in [5.74, 6) is 0.111. The highest BCUT2D eigenvalue weighted by Gasteiger charge is 2.33. The van der Waals surface area contributed by atoms with Crippen molar-refractivity contribution in [2.24, 2.45) is 0 Å². The second-order valence-electron chi connectivity index (χ2n) is 7.93. The molecule has 0 bridgehead atoms.